The number of rotatable bonds is 8. The Hall–Kier alpha value is -1.85. The Kier molecular flexibility index (Phi) is 5.58. The van der Waals surface area contributed by atoms with Crippen LogP contribution in [0.3, 0.4) is 0 Å². The summed E-state index contributed by atoms with van der Waals surface area (Å²) < 4.78 is 23.6. The van der Waals surface area contributed by atoms with Crippen LogP contribution in [0.1, 0.15) is 17.7 Å². The van der Waals surface area contributed by atoms with Crippen LogP contribution in [0.15, 0.2) is 41.0 Å². The van der Waals surface area contributed by atoms with E-state index in [0.717, 1.165) is 30.4 Å². The van der Waals surface area contributed by atoms with Crippen LogP contribution >= 0.6 is 0 Å². The van der Waals surface area contributed by atoms with Crippen molar-refractivity contribution in [3.05, 3.63) is 53.7 Å². The van der Waals surface area contributed by atoms with E-state index in [1.54, 1.807) is 12.3 Å². The molecule has 0 saturated heterocycles. The molecular formula is C15H18FNO3. The number of furan rings is 1. The van der Waals surface area contributed by atoms with Gasteiger partial charge in [-0.2, -0.15) is 0 Å². The molecule has 2 rings (SSSR count). The highest BCUT2D eigenvalue weighted by molar-refractivity contribution is 5.28. The van der Waals surface area contributed by atoms with Crippen LogP contribution < -0.4 is 5.32 Å². The average Bonchev–Trinajstić information content (AvgIpc) is 2.89. The highest BCUT2D eigenvalue weighted by Crippen LogP contribution is 2.14. The Balaban J connectivity index is 1.55. The number of phenolic OH excluding ortho intramolecular Hbond substituents is 1. The van der Waals surface area contributed by atoms with Crippen LogP contribution in [0.5, 0.6) is 5.75 Å². The molecule has 0 amide bonds. The summed E-state index contributed by atoms with van der Waals surface area (Å²) in [5.74, 6) is 0.334. The van der Waals surface area contributed by atoms with Gasteiger partial charge in [-0.25, -0.2) is 4.39 Å². The molecular weight excluding hydrogens is 261 g/mol. The van der Waals surface area contributed by atoms with E-state index in [-0.39, 0.29) is 5.75 Å². The van der Waals surface area contributed by atoms with Gasteiger partial charge in [0, 0.05) is 19.2 Å². The standard InChI is InChI=1S/C15H18FNO3/c16-13-7-12(8-14(18)9-13)10-17-4-2-5-19-11-15-3-1-6-20-15/h1,3,6-9,17-18H,2,4-5,10-11H2. The van der Waals surface area contributed by atoms with Crippen LogP contribution in [0.4, 0.5) is 4.39 Å². The van der Waals surface area contributed by atoms with Crippen LogP contribution in [0, 0.1) is 5.82 Å². The number of hydrogen-bond donors (Lipinski definition) is 2. The van der Waals surface area contributed by atoms with E-state index in [4.69, 9.17) is 9.15 Å². The Morgan fingerprint density at radius 3 is 2.95 bits per heavy atom. The molecule has 4 nitrogen and oxygen atoms in total. The third-order valence-electron chi connectivity index (χ3n) is 2.74. The number of aromatic hydroxyl groups is 1. The second-order valence-corrected chi connectivity index (χ2v) is 4.48. The van der Waals surface area contributed by atoms with Crippen LogP contribution in [0.25, 0.3) is 0 Å². The molecule has 2 N–H and O–H groups in total. The molecule has 0 bridgehead atoms. The summed E-state index contributed by atoms with van der Waals surface area (Å²) in [5, 5.41) is 12.4. The fourth-order valence-electron chi connectivity index (χ4n) is 1.83. The molecule has 108 valence electrons. The van der Waals surface area contributed by atoms with Gasteiger partial charge in [0.25, 0.3) is 0 Å². The molecule has 1 aromatic heterocycles. The van der Waals surface area contributed by atoms with Crippen molar-refractivity contribution in [1.29, 1.82) is 0 Å². The van der Waals surface area contributed by atoms with Gasteiger partial charge in [-0.1, -0.05) is 0 Å². The fraction of sp³-hybridized carbons (Fsp3) is 0.333. The van der Waals surface area contributed by atoms with E-state index >= 15 is 0 Å². The highest BCUT2D eigenvalue weighted by atomic mass is 19.1. The molecule has 0 aliphatic heterocycles. The lowest BCUT2D eigenvalue weighted by molar-refractivity contribution is 0.104. The van der Waals surface area contributed by atoms with Crippen LogP contribution in [-0.2, 0) is 17.9 Å². The number of nitrogens with one attached hydrogen (secondary N) is 1. The summed E-state index contributed by atoms with van der Waals surface area (Å²) >= 11 is 0. The second-order valence-electron chi connectivity index (χ2n) is 4.48. The number of ether oxygens (including phenoxy) is 1. The molecule has 2 aromatic rings. The molecule has 0 aliphatic rings. The Morgan fingerprint density at radius 1 is 1.30 bits per heavy atom. The summed E-state index contributed by atoms with van der Waals surface area (Å²) in [4.78, 5) is 0. The van der Waals surface area contributed by atoms with Gasteiger partial charge in [0.2, 0.25) is 0 Å². The van der Waals surface area contributed by atoms with E-state index in [9.17, 15) is 9.50 Å². The first-order chi connectivity index (χ1) is 9.74. The van der Waals surface area contributed by atoms with Crippen molar-refractivity contribution < 1.29 is 18.7 Å². The van der Waals surface area contributed by atoms with Crippen molar-refractivity contribution in [2.45, 2.75) is 19.6 Å². The maximum absolute atomic E-state index is 13.0. The third-order valence-corrected chi connectivity index (χ3v) is 2.74. The number of benzene rings is 1. The van der Waals surface area contributed by atoms with Crippen molar-refractivity contribution in [3.8, 4) is 5.75 Å². The summed E-state index contributed by atoms with van der Waals surface area (Å²) in [5.41, 5.74) is 0.721. The predicted molar refractivity (Wildman–Crippen MR) is 72.8 cm³/mol. The Bertz CT molecular complexity index is 494. The smallest absolute Gasteiger partial charge is 0.129 e. The first-order valence-corrected chi connectivity index (χ1v) is 6.53. The fourth-order valence-corrected chi connectivity index (χ4v) is 1.83. The number of phenols is 1. The largest absolute Gasteiger partial charge is 0.508 e. The van der Waals surface area contributed by atoms with Gasteiger partial charge in [-0.15, -0.1) is 0 Å². The second kappa shape index (κ2) is 7.67. The predicted octanol–water partition coefficient (Wildman–Crippen LogP) is 2.82. The minimum absolute atomic E-state index is 0.0522. The van der Waals surface area contributed by atoms with Gasteiger partial charge in [0.15, 0.2) is 0 Å². The highest BCUT2D eigenvalue weighted by Gasteiger charge is 2.00. The SMILES string of the molecule is Oc1cc(F)cc(CNCCCOCc2ccco2)c1. The molecule has 1 heterocycles. The van der Waals surface area contributed by atoms with Crippen molar-refractivity contribution in [1.82, 2.24) is 5.32 Å². The minimum atomic E-state index is -0.427. The van der Waals surface area contributed by atoms with Crippen molar-refractivity contribution in [2.24, 2.45) is 0 Å². The van der Waals surface area contributed by atoms with E-state index < -0.39 is 5.82 Å². The molecule has 0 unspecified atom stereocenters. The Morgan fingerprint density at radius 2 is 2.20 bits per heavy atom. The van der Waals surface area contributed by atoms with Gasteiger partial charge in [-0.05, 0) is 42.8 Å². The molecule has 0 fully saturated rings. The monoisotopic (exact) mass is 279 g/mol. The quantitative estimate of drug-likeness (QED) is 0.730. The van der Waals surface area contributed by atoms with Crippen molar-refractivity contribution in [2.75, 3.05) is 13.2 Å². The van der Waals surface area contributed by atoms with E-state index in [0.29, 0.717) is 19.8 Å². The first kappa shape index (κ1) is 14.6. The molecule has 0 radical (unpaired) electrons. The zero-order chi connectivity index (χ0) is 14.2. The van der Waals surface area contributed by atoms with Gasteiger partial charge in [-0.3, -0.25) is 0 Å². The average molecular weight is 279 g/mol. The summed E-state index contributed by atoms with van der Waals surface area (Å²) in [6.07, 6.45) is 2.47. The normalized spacial score (nSPS) is 10.8. The topological polar surface area (TPSA) is 54.6 Å². The lowest BCUT2D eigenvalue weighted by Crippen LogP contribution is -2.16. The van der Waals surface area contributed by atoms with E-state index in [2.05, 4.69) is 5.32 Å². The van der Waals surface area contributed by atoms with Gasteiger partial charge >= 0.3 is 0 Å². The number of halogens is 1. The molecule has 5 heteroatoms. The van der Waals surface area contributed by atoms with Gasteiger partial charge < -0.3 is 19.6 Å². The summed E-state index contributed by atoms with van der Waals surface area (Å²) in [6.45, 7) is 2.38. The van der Waals surface area contributed by atoms with Crippen LogP contribution in [-0.4, -0.2) is 18.3 Å². The third kappa shape index (κ3) is 5.03. The maximum Gasteiger partial charge on any atom is 0.129 e. The minimum Gasteiger partial charge on any atom is -0.508 e. The number of hydrogen-bond acceptors (Lipinski definition) is 4. The molecule has 20 heavy (non-hydrogen) atoms. The van der Waals surface area contributed by atoms with Crippen molar-refractivity contribution >= 4 is 0 Å². The molecule has 0 saturated carbocycles. The zero-order valence-electron chi connectivity index (χ0n) is 11.1. The van der Waals surface area contributed by atoms with E-state index in [1.807, 2.05) is 12.1 Å². The van der Waals surface area contributed by atoms with E-state index in [1.165, 1.54) is 6.07 Å². The lowest BCUT2D eigenvalue weighted by atomic mass is 10.2. The first-order valence-electron chi connectivity index (χ1n) is 6.53. The summed E-state index contributed by atoms with van der Waals surface area (Å²) in [7, 11) is 0. The van der Waals surface area contributed by atoms with Crippen LogP contribution in [0.2, 0.25) is 0 Å². The van der Waals surface area contributed by atoms with Gasteiger partial charge in [0.1, 0.15) is 23.9 Å². The maximum atomic E-state index is 13.0. The van der Waals surface area contributed by atoms with Crippen molar-refractivity contribution in [3.63, 3.8) is 0 Å². The van der Waals surface area contributed by atoms with Gasteiger partial charge in [0.05, 0.1) is 6.26 Å². The molecule has 0 atom stereocenters. The lowest BCUT2D eigenvalue weighted by Gasteiger charge is -2.06. The molecule has 0 spiro atoms. The zero-order valence-corrected chi connectivity index (χ0v) is 11.1. The molecule has 0 aliphatic carbocycles. The summed E-state index contributed by atoms with van der Waals surface area (Å²) in [6, 6.07) is 7.74. The Labute approximate surface area is 117 Å². The molecule has 1 aromatic carbocycles.